The first-order chi connectivity index (χ1) is 6.74. The molecule has 1 heterocycles. The van der Waals surface area contributed by atoms with Crippen LogP contribution in [0, 0.1) is 0 Å². The summed E-state index contributed by atoms with van der Waals surface area (Å²) in [6.07, 6.45) is 1.72. The van der Waals surface area contributed by atoms with Gasteiger partial charge >= 0.3 is 0 Å². The van der Waals surface area contributed by atoms with E-state index in [1.54, 1.807) is 25.1 Å². The van der Waals surface area contributed by atoms with Gasteiger partial charge in [0.1, 0.15) is 5.03 Å². The van der Waals surface area contributed by atoms with Crippen LogP contribution in [0.15, 0.2) is 23.4 Å². The zero-order chi connectivity index (χ0) is 10.4. The van der Waals surface area contributed by atoms with Gasteiger partial charge in [0, 0.05) is 25.1 Å². The molecule has 3 nitrogen and oxygen atoms in total. The SMILES string of the molecule is COCC(N)CSc1ncccc1Cl. The van der Waals surface area contributed by atoms with Crippen LogP contribution in [-0.4, -0.2) is 30.5 Å². The fourth-order valence-corrected chi connectivity index (χ4v) is 2.02. The van der Waals surface area contributed by atoms with Gasteiger partial charge < -0.3 is 10.5 Å². The number of halogens is 1. The van der Waals surface area contributed by atoms with Crippen molar-refractivity contribution in [1.29, 1.82) is 0 Å². The lowest BCUT2D eigenvalue weighted by atomic mass is 10.4. The van der Waals surface area contributed by atoms with Gasteiger partial charge in [-0.1, -0.05) is 11.6 Å². The third kappa shape index (κ3) is 3.84. The van der Waals surface area contributed by atoms with Crippen molar-refractivity contribution < 1.29 is 4.74 Å². The Morgan fingerprint density at radius 2 is 2.50 bits per heavy atom. The molecule has 0 saturated carbocycles. The minimum atomic E-state index is 0.0167. The molecule has 5 heteroatoms. The van der Waals surface area contributed by atoms with E-state index in [0.717, 1.165) is 10.8 Å². The Balaban J connectivity index is 2.41. The highest BCUT2D eigenvalue weighted by molar-refractivity contribution is 7.99. The second-order valence-electron chi connectivity index (χ2n) is 2.82. The Morgan fingerprint density at radius 3 is 3.14 bits per heavy atom. The summed E-state index contributed by atoms with van der Waals surface area (Å²) >= 11 is 7.48. The molecule has 0 amide bonds. The molecule has 0 radical (unpaired) electrons. The van der Waals surface area contributed by atoms with Crippen molar-refractivity contribution in [2.75, 3.05) is 19.5 Å². The maximum Gasteiger partial charge on any atom is 0.115 e. The zero-order valence-electron chi connectivity index (χ0n) is 7.94. The molecule has 0 aliphatic carbocycles. The molecule has 78 valence electrons. The molecule has 1 rings (SSSR count). The highest BCUT2D eigenvalue weighted by Gasteiger charge is 2.06. The summed E-state index contributed by atoms with van der Waals surface area (Å²) in [5, 5.41) is 1.49. The molecule has 1 aromatic heterocycles. The summed E-state index contributed by atoms with van der Waals surface area (Å²) < 4.78 is 4.93. The van der Waals surface area contributed by atoms with Gasteiger partial charge in [0.25, 0.3) is 0 Å². The Kier molecular flexibility index (Phi) is 5.25. The Bertz CT molecular complexity index is 285. The summed E-state index contributed by atoms with van der Waals surface area (Å²) in [5.41, 5.74) is 5.77. The molecule has 0 aliphatic heterocycles. The molecule has 0 aliphatic rings. The Labute approximate surface area is 93.0 Å². The van der Waals surface area contributed by atoms with Crippen LogP contribution >= 0.6 is 23.4 Å². The molecule has 0 aromatic carbocycles. The summed E-state index contributed by atoms with van der Waals surface area (Å²) in [4.78, 5) is 4.15. The molecular weight excluding hydrogens is 220 g/mol. The number of aromatic nitrogens is 1. The third-order valence-corrected chi connectivity index (χ3v) is 3.15. The average molecular weight is 233 g/mol. The van der Waals surface area contributed by atoms with Crippen LogP contribution in [0.2, 0.25) is 5.02 Å². The van der Waals surface area contributed by atoms with Gasteiger partial charge in [-0.15, -0.1) is 11.8 Å². The smallest absolute Gasteiger partial charge is 0.115 e. The minimum absolute atomic E-state index is 0.0167. The van der Waals surface area contributed by atoms with E-state index in [0.29, 0.717) is 11.6 Å². The molecule has 0 bridgehead atoms. The molecule has 1 aromatic rings. The van der Waals surface area contributed by atoms with Crippen LogP contribution in [0.4, 0.5) is 0 Å². The van der Waals surface area contributed by atoms with E-state index < -0.39 is 0 Å². The second kappa shape index (κ2) is 6.24. The Morgan fingerprint density at radius 1 is 1.71 bits per heavy atom. The highest BCUT2D eigenvalue weighted by atomic mass is 35.5. The molecule has 0 saturated heterocycles. The first-order valence-corrected chi connectivity index (χ1v) is 5.58. The van der Waals surface area contributed by atoms with Crippen molar-refractivity contribution in [3.63, 3.8) is 0 Å². The van der Waals surface area contributed by atoms with E-state index in [9.17, 15) is 0 Å². The van der Waals surface area contributed by atoms with E-state index in [-0.39, 0.29) is 6.04 Å². The largest absolute Gasteiger partial charge is 0.383 e. The first-order valence-electron chi connectivity index (χ1n) is 4.22. The van der Waals surface area contributed by atoms with Crippen LogP contribution in [0.25, 0.3) is 0 Å². The van der Waals surface area contributed by atoms with Gasteiger partial charge in [0.15, 0.2) is 0 Å². The van der Waals surface area contributed by atoms with Crippen LogP contribution in [0.1, 0.15) is 0 Å². The molecule has 0 fully saturated rings. The van der Waals surface area contributed by atoms with Crippen LogP contribution in [0.5, 0.6) is 0 Å². The van der Waals surface area contributed by atoms with E-state index in [4.69, 9.17) is 22.1 Å². The molecule has 1 unspecified atom stereocenters. The standard InChI is InChI=1S/C9H13ClN2OS/c1-13-5-7(11)6-14-9-8(10)3-2-4-12-9/h2-4,7H,5-6,11H2,1H3. The van der Waals surface area contributed by atoms with Crippen LogP contribution in [-0.2, 0) is 4.74 Å². The first kappa shape index (κ1) is 11.8. The number of hydrogen-bond acceptors (Lipinski definition) is 4. The van der Waals surface area contributed by atoms with Gasteiger partial charge in [0.05, 0.1) is 11.6 Å². The molecule has 14 heavy (non-hydrogen) atoms. The van der Waals surface area contributed by atoms with E-state index in [1.807, 2.05) is 12.1 Å². The number of nitrogens with two attached hydrogens (primary N) is 1. The number of pyridine rings is 1. The quantitative estimate of drug-likeness (QED) is 0.787. The molecule has 0 spiro atoms. The van der Waals surface area contributed by atoms with Crippen molar-refractivity contribution in [2.24, 2.45) is 5.73 Å². The highest BCUT2D eigenvalue weighted by Crippen LogP contribution is 2.24. The number of methoxy groups -OCH3 is 1. The molecule has 1 atom stereocenters. The fourth-order valence-electron chi connectivity index (χ4n) is 0.926. The van der Waals surface area contributed by atoms with Crippen molar-refractivity contribution in [3.8, 4) is 0 Å². The van der Waals surface area contributed by atoms with Crippen molar-refractivity contribution in [3.05, 3.63) is 23.4 Å². The molecule has 2 N–H and O–H groups in total. The maximum atomic E-state index is 5.93. The lowest BCUT2D eigenvalue weighted by Gasteiger charge is -2.09. The van der Waals surface area contributed by atoms with E-state index in [2.05, 4.69) is 4.98 Å². The van der Waals surface area contributed by atoms with E-state index >= 15 is 0 Å². The normalized spacial score (nSPS) is 12.8. The number of ether oxygens (including phenoxy) is 1. The third-order valence-electron chi connectivity index (χ3n) is 1.54. The topological polar surface area (TPSA) is 48.1 Å². The summed E-state index contributed by atoms with van der Waals surface area (Å²) in [5.74, 6) is 0.755. The van der Waals surface area contributed by atoms with Gasteiger partial charge in [-0.05, 0) is 12.1 Å². The zero-order valence-corrected chi connectivity index (χ0v) is 9.52. The predicted molar refractivity (Wildman–Crippen MR) is 59.8 cm³/mol. The van der Waals surface area contributed by atoms with Crippen molar-refractivity contribution >= 4 is 23.4 Å². The van der Waals surface area contributed by atoms with Crippen molar-refractivity contribution in [2.45, 2.75) is 11.1 Å². The molecular formula is C9H13ClN2OS. The summed E-state index contributed by atoms with van der Waals surface area (Å²) in [6, 6.07) is 3.64. The van der Waals surface area contributed by atoms with Crippen molar-refractivity contribution in [1.82, 2.24) is 4.98 Å². The lowest BCUT2D eigenvalue weighted by Crippen LogP contribution is -2.28. The monoisotopic (exact) mass is 232 g/mol. The summed E-state index contributed by atoms with van der Waals surface area (Å²) in [6.45, 7) is 0.553. The van der Waals surface area contributed by atoms with Gasteiger partial charge in [-0.2, -0.15) is 0 Å². The maximum absolute atomic E-state index is 5.93. The number of nitrogens with zero attached hydrogens (tertiary/aromatic N) is 1. The number of rotatable bonds is 5. The average Bonchev–Trinajstić information content (AvgIpc) is 2.17. The van der Waals surface area contributed by atoms with Gasteiger partial charge in [-0.25, -0.2) is 4.98 Å². The van der Waals surface area contributed by atoms with Crippen LogP contribution < -0.4 is 5.73 Å². The predicted octanol–water partition coefficient (Wildman–Crippen LogP) is 1.80. The lowest BCUT2D eigenvalue weighted by molar-refractivity contribution is 0.186. The van der Waals surface area contributed by atoms with Gasteiger partial charge in [0.2, 0.25) is 0 Å². The van der Waals surface area contributed by atoms with E-state index in [1.165, 1.54) is 0 Å². The number of thioether (sulfide) groups is 1. The van der Waals surface area contributed by atoms with Crippen LogP contribution in [0.3, 0.4) is 0 Å². The second-order valence-corrected chi connectivity index (χ2v) is 4.23. The van der Waals surface area contributed by atoms with Gasteiger partial charge in [-0.3, -0.25) is 0 Å². The minimum Gasteiger partial charge on any atom is -0.383 e. The number of hydrogen-bond donors (Lipinski definition) is 1. The summed E-state index contributed by atoms with van der Waals surface area (Å²) in [7, 11) is 1.64. The Hall–Kier alpha value is -0.290. The fraction of sp³-hybridized carbons (Fsp3) is 0.444.